The molecule has 1 aliphatic rings. The van der Waals surface area contributed by atoms with Crippen LogP contribution in [0.1, 0.15) is 38.2 Å². The lowest BCUT2D eigenvalue weighted by Gasteiger charge is -2.24. The molecule has 1 amide bonds. The van der Waals surface area contributed by atoms with E-state index in [-0.39, 0.29) is 35.8 Å². The van der Waals surface area contributed by atoms with Crippen molar-refractivity contribution in [2.45, 2.75) is 32.6 Å². The predicted molar refractivity (Wildman–Crippen MR) is 113 cm³/mol. The van der Waals surface area contributed by atoms with Crippen molar-refractivity contribution < 1.29 is 9.53 Å². The third-order valence-electron chi connectivity index (χ3n) is 3.88. The summed E-state index contributed by atoms with van der Waals surface area (Å²) in [6, 6.07) is 7.96. The third kappa shape index (κ3) is 7.19. The second kappa shape index (κ2) is 12.1. The maximum atomic E-state index is 11.9. The van der Waals surface area contributed by atoms with E-state index in [0.717, 1.165) is 49.9 Å². The normalized spacial score (nSPS) is 16.5. The summed E-state index contributed by atoms with van der Waals surface area (Å²) in [6.45, 7) is 7.74. The first-order valence-electron chi connectivity index (χ1n) is 8.73. The lowest BCUT2D eigenvalue weighted by molar-refractivity contribution is -0.116. The van der Waals surface area contributed by atoms with Gasteiger partial charge in [0.05, 0.1) is 6.54 Å². The maximum absolute atomic E-state index is 11.9. The largest absolute Gasteiger partial charge is 0.382 e. The van der Waals surface area contributed by atoms with Gasteiger partial charge in [0, 0.05) is 44.3 Å². The van der Waals surface area contributed by atoms with Crippen LogP contribution >= 0.6 is 24.0 Å². The van der Waals surface area contributed by atoms with Crippen molar-refractivity contribution in [2.75, 3.05) is 38.2 Å². The minimum atomic E-state index is 0. The van der Waals surface area contributed by atoms with Crippen LogP contribution in [0.5, 0.6) is 0 Å². The van der Waals surface area contributed by atoms with Gasteiger partial charge in [-0.15, -0.1) is 24.0 Å². The molecule has 1 aromatic rings. The number of carbonyl (C=O) groups is 1. The Morgan fingerprint density at radius 1 is 1.32 bits per heavy atom. The molecule has 1 aliphatic heterocycles. The number of carbonyl (C=O) groups excluding carboxylic acids is 1. The molecule has 1 heterocycles. The van der Waals surface area contributed by atoms with Gasteiger partial charge in [0.2, 0.25) is 5.91 Å². The van der Waals surface area contributed by atoms with Crippen molar-refractivity contribution in [3.63, 3.8) is 0 Å². The fourth-order valence-electron chi connectivity index (χ4n) is 2.73. The summed E-state index contributed by atoms with van der Waals surface area (Å²) in [5.41, 5.74) is 2.07. The fraction of sp³-hybridized carbons (Fsp3) is 0.556. The molecule has 1 aromatic carbocycles. The molecular formula is C18H29IN4O2. The molecule has 3 N–H and O–H groups in total. The molecular weight excluding hydrogens is 431 g/mol. The summed E-state index contributed by atoms with van der Waals surface area (Å²) < 4.78 is 5.34. The van der Waals surface area contributed by atoms with E-state index < -0.39 is 0 Å². The number of rotatable bonds is 8. The van der Waals surface area contributed by atoms with Gasteiger partial charge in [-0.05, 0) is 31.9 Å². The number of halogens is 1. The molecule has 0 bridgehead atoms. The Kier molecular flexibility index (Phi) is 10.5. The van der Waals surface area contributed by atoms with E-state index in [4.69, 9.17) is 4.74 Å². The maximum Gasteiger partial charge on any atom is 0.225 e. The van der Waals surface area contributed by atoms with E-state index in [1.807, 2.05) is 32.0 Å². The minimum absolute atomic E-state index is 0. The fourth-order valence-corrected chi connectivity index (χ4v) is 2.73. The highest BCUT2D eigenvalue weighted by atomic mass is 127. The third-order valence-corrected chi connectivity index (χ3v) is 3.88. The number of amides is 1. The van der Waals surface area contributed by atoms with Crippen LogP contribution in [0.15, 0.2) is 29.3 Å². The average Bonchev–Trinajstić information content (AvgIpc) is 2.59. The molecule has 2 rings (SSSR count). The standard InChI is InChI=1S/C18H28N4O2.HI/c1-3-19-18(20-10-7-11-24-4-2)21-13-14-12-17(23)22-16-9-6-5-8-15(14)16;/h5-6,8-9,14H,3-4,7,10-13H2,1-2H3,(H,22,23)(H2,19,20,21);1H. The van der Waals surface area contributed by atoms with Crippen molar-refractivity contribution >= 4 is 41.5 Å². The number of ether oxygens (including phenoxy) is 1. The van der Waals surface area contributed by atoms with Crippen molar-refractivity contribution in [3.05, 3.63) is 29.8 Å². The number of nitrogens with one attached hydrogen (secondary N) is 3. The molecule has 1 atom stereocenters. The second-order valence-electron chi connectivity index (χ2n) is 5.73. The Balaban J connectivity index is 0.00000312. The Bertz CT molecular complexity index is 566. The monoisotopic (exact) mass is 460 g/mol. The predicted octanol–water partition coefficient (Wildman–Crippen LogP) is 2.71. The molecule has 0 saturated heterocycles. The Morgan fingerprint density at radius 2 is 2.12 bits per heavy atom. The highest BCUT2D eigenvalue weighted by molar-refractivity contribution is 14.0. The second-order valence-corrected chi connectivity index (χ2v) is 5.73. The number of para-hydroxylation sites is 1. The van der Waals surface area contributed by atoms with E-state index in [0.29, 0.717) is 13.0 Å². The van der Waals surface area contributed by atoms with Crippen LogP contribution in [-0.4, -0.2) is 44.7 Å². The number of benzene rings is 1. The van der Waals surface area contributed by atoms with E-state index in [9.17, 15) is 4.79 Å². The first-order chi connectivity index (χ1) is 11.7. The van der Waals surface area contributed by atoms with Crippen molar-refractivity contribution in [3.8, 4) is 0 Å². The van der Waals surface area contributed by atoms with Gasteiger partial charge in [0.15, 0.2) is 5.96 Å². The zero-order chi connectivity index (χ0) is 17.2. The first kappa shape index (κ1) is 21.7. The van der Waals surface area contributed by atoms with Gasteiger partial charge in [0.1, 0.15) is 0 Å². The van der Waals surface area contributed by atoms with Gasteiger partial charge in [-0.1, -0.05) is 18.2 Å². The summed E-state index contributed by atoms with van der Waals surface area (Å²) in [4.78, 5) is 16.5. The Hall–Kier alpha value is -1.35. The van der Waals surface area contributed by atoms with Crippen LogP contribution in [0.2, 0.25) is 0 Å². The first-order valence-corrected chi connectivity index (χ1v) is 8.73. The van der Waals surface area contributed by atoms with Crippen LogP contribution in [0.3, 0.4) is 0 Å². The van der Waals surface area contributed by atoms with Crippen LogP contribution in [-0.2, 0) is 9.53 Å². The number of anilines is 1. The highest BCUT2D eigenvalue weighted by Gasteiger charge is 2.24. The Morgan fingerprint density at radius 3 is 2.88 bits per heavy atom. The number of guanidine groups is 1. The summed E-state index contributed by atoms with van der Waals surface area (Å²) in [5.74, 6) is 0.967. The molecule has 0 radical (unpaired) electrons. The molecule has 0 fully saturated rings. The van der Waals surface area contributed by atoms with Gasteiger partial charge in [-0.25, -0.2) is 0 Å². The molecule has 7 heteroatoms. The molecule has 0 aliphatic carbocycles. The smallest absolute Gasteiger partial charge is 0.225 e. The zero-order valence-corrected chi connectivity index (χ0v) is 17.3. The van der Waals surface area contributed by atoms with Gasteiger partial charge in [-0.2, -0.15) is 0 Å². The van der Waals surface area contributed by atoms with Gasteiger partial charge in [0.25, 0.3) is 0 Å². The summed E-state index contributed by atoms with van der Waals surface area (Å²) in [7, 11) is 0. The number of fused-ring (bicyclic) bond motifs is 1. The molecule has 0 aromatic heterocycles. The summed E-state index contributed by atoms with van der Waals surface area (Å²) in [6.07, 6.45) is 1.41. The van der Waals surface area contributed by atoms with Crippen molar-refractivity contribution in [1.82, 2.24) is 10.6 Å². The molecule has 0 spiro atoms. The molecule has 6 nitrogen and oxygen atoms in total. The number of hydrogen-bond donors (Lipinski definition) is 3. The summed E-state index contributed by atoms with van der Waals surface area (Å²) in [5, 5.41) is 9.48. The quantitative estimate of drug-likeness (QED) is 0.242. The molecule has 140 valence electrons. The van der Waals surface area contributed by atoms with Crippen LogP contribution < -0.4 is 16.0 Å². The number of nitrogens with zero attached hydrogens (tertiary/aromatic N) is 1. The minimum Gasteiger partial charge on any atom is -0.382 e. The number of hydrogen-bond acceptors (Lipinski definition) is 3. The van der Waals surface area contributed by atoms with Crippen LogP contribution in [0.4, 0.5) is 5.69 Å². The summed E-state index contributed by atoms with van der Waals surface area (Å²) >= 11 is 0. The topological polar surface area (TPSA) is 74.8 Å². The zero-order valence-electron chi connectivity index (χ0n) is 15.0. The van der Waals surface area contributed by atoms with Gasteiger partial charge in [-0.3, -0.25) is 9.79 Å². The van der Waals surface area contributed by atoms with Crippen LogP contribution in [0.25, 0.3) is 0 Å². The van der Waals surface area contributed by atoms with Crippen molar-refractivity contribution in [1.29, 1.82) is 0 Å². The van der Waals surface area contributed by atoms with E-state index in [1.165, 1.54) is 0 Å². The number of aliphatic imine (C=N–C) groups is 1. The van der Waals surface area contributed by atoms with E-state index in [2.05, 4.69) is 27.0 Å². The average molecular weight is 460 g/mol. The highest BCUT2D eigenvalue weighted by Crippen LogP contribution is 2.31. The SMILES string of the molecule is CCNC(=NCC1CC(=O)Nc2ccccc21)NCCCOCC.I. The Labute approximate surface area is 167 Å². The van der Waals surface area contributed by atoms with Gasteiger partial charge < -0.3 is 20.7 Å². The lowest BCUT2D eigenvalue weighted by Crippen LogP contribution is -2.38. The molecule has 0 saturated carbocycles. The van der Waals surface area contributed by atoms with Gasteiger partial charge >= 0.3 is 0 Å². The van der Waals surface area contributed by atoms with Crippen LogP contribution in [0, 0.1) is 0 Å². The molecule has 25 heavy (non-hydrogen) atoms. The molecule has 1 unspecified atom stereocenters. The van der Waals surface area contributed by atoms with E-state index >= 15 is 0 Å². The van der Waals surface area contributed by atoms with Crippen molar-refractivity contribution in [2.24, 2.45) is 4.99 Å². The van der Waals surface area contributed by atoms with E-state index in [1.54, 1.807) is 0 Å². The lowest BCUT2D eigenvalue weighted by atomic mass is 9.91.